The minimum atomic E-state index is -0.338. The highest BCUT2D eigenvalue weighted by Gasteiger charge is 2.38. The van der Waals surface area contributed by atoms with E-state index in [1.54, 1.807) is 6.07 Å². The van der Waals surface area contributed by atoms with E-state index in [9.17, 15) is 4.39 Å². The molecular weight excluding hydrogens is 237 g/mol. The van der Waals surface area contributed by atoms with Crippen molar-refractivity contribution in [2.24, 2.45) is 11.8 Å². The zero-order chi connectivity index (χ0) is 12.4. The fourth-order valence-corrected chi connectivity index (χ4v) is 2.67. The van der Waals surface area contributed by atoms with Gasteiger partial charge in [-0.2, -0.15) is 0 Å². The maximum absolute atomic E-state index is 13.1. The Bertz CT molecular complexity index is 394. The van der Waals surface area contributed by atoms with Crippen LogP contribution in [0, 0.1) is 17.7 Å². The number of likely N-dealkylation sites (N-methyl/N-ethyl adjacent to an activating group) is 1. The van der Waals surface area contributed by atoms with Crippen molar-refractivity contribution in [3.05, 3.63) is 34.6 Å². The van der Waals surface area contributed by atoms with Crippen LogP contribution in [0.2, 0.25) is 5.02 Å². The van der Waals surface area contributed by atoms with Crippen LogP contribution in [0.1, 0.15) is 25.8 Å². The molecule has 2 rings (SSSR count). The van der Waals surface area contributed by atoms with Crippen LogP contribution < -0.4 is 5.32 Å². The molecule has 17 heavy (non-hydrogen) atoms. The molecule has 0 saturated heterocycles. The zero-order valence-electron chi connectivity index (χ0n) is 10.3. The largest absolute Gasteiger partial charge is 0.314 e. The summed E-state index contributed by atoms with van der Waals surface area (Å²) in [4.78, 5) is 0. The lowest BCUT2D eigenvalue weighted by Gasteiger charge is -2.18. The summed E-state index contributed by atoms with van der Waals surface area (Å²) >= 11 is 5.80. The van der Waals surface area contributed by atoms with Crippen LogP contribution in [-0.2, 0) is 6.42 Å². The maximum atomic E-state index is 13.1. The Morgan fingerprint density at radius 1 is 1.53 bits per heavy atom. The van der Waals surface area contributed by atoms with Crippen molar-refractivity contribution in [2.75, 3.05) is 6.54 Å². The molecule has 94 valence electrons. The Kier molecular flexibility index (Phi) is 4.05. The third-order valence-corrected chi connectivity index (χ3v) is 3.88. The minimum absolute atomic E-state index is 0.224. The van der Waals surface area contributed by atoms with E-state index in [0.29, 0.717) is 6.04 Å². The average molecular weight is 256 g/mol. The molecule has 1 fully saturated rings. The molecule has 1 N–H and O–H groups in total. The molecule has 1 aliphatic carbocycles. The highest BCUT2D eigenvalue weighted by molar-refractivity contribution is 6.30. The van der Waals surface area contributed by atoms with Gasteiger partial charge in [-0.15, -0.1) is 0 Å². The number of benzene rings is 1. The molecule has 3 atom stereocenters. The Balaban J connectivity index is 2.03. The van der Waals surface area contributed by atoms with Gasteiger partial charge >= 0.3 is 0 Å². The number of rotatable bonds is 5. The Morgan fingerprint density at radius 2 is 2.24 bits per heavy atom. The van der Waals surface area contributed by atoms with Crippen molar-refractivity contribution < 1.29 is 4.39 Å². The molecule has 0 heterocycles. The summed E-state index contributed by atoms with van der Waals surface area (Å²) < 4.78 is 13.1. The van der Waals surface area contributed by atoms with Crippen LogP contribution in [0.4, 0.5) is 4.39 Å². The zero-order valence-corrected chi connectivity index (χ0v) is 11.1. The number of nitrogens with one attached hydrogen (secondary N) is 1. The summed E-state index contributed by atoms with van der Waals surface area (Å²) in [6, 6.07) is 5.53. The molecule has 1 aliphatic rings. The molecule has 0 aromatic heterocycles. The summed E-state index contributed by atoms with van der Waals surface area (Å²) in [5, 5.41) is 3.74. The monoisotopic (exact) mass is 255 g/mol. The van der Waals surface area contributed by atoms with Crippen molar-refractivity contribution in [2.45, 2.75) is 32.7 Å². The fourth-order valence-electron chi connectivity index (χ4n) is 2.47. The summed E-state index contributed by atoms with van der Waals surface area (Å²) in [6.45, 7) is 5.38. The van der Waals surface area contributed by atoms with E-state index in [4.69, 9.17) is 11.6 Å². The topological polar surface area (TPSA) is 12.0 Å². The molecule has 3 unspecified atom stereocenters. The van der Waals surface area contributed by atoms with Gasteiger partial charge in [0.2, 0.25) is 0 Å². The first-order valence-electron chi connectivity index (χ1n) is 6.29. The smallest absolute Gasteiger partial charge is 0.141 e. The van der Waals surface area contributed by atoms with E-state index in [0.717, 1.165) is 30.4 Å². The molecular formula is C14H19ClFN. The van der Waals surface area contributed by atoms with Crippen molar-refractivity contribution in [3.8, 4) is 0 Å². The molecule has 0 bridgehead atoms. The number of hydrogen-bond acceptors (Lipinski definition) is 1. The van der Waals surface area contributed by atoms with Crippen LogP contribution in [0.3, 0.4) is 0 Å². The van der Waals surface area contributed by atoms with Crippen LogP contribution in [0.15, 0.2) is 18.2 Å². The Morgan fingerprint density at radius 3 is 2.76 bits per heavy atom. The molecule has 0 radical (unpaired) electrons. The predicted molar refractivity (Wildman–Crippen MR) is 69.8 cm³/mol. The molecule has 1 saturated carbocycles. The molecule has 1 aromatic rings. The SMILES string of the molecule is CCNC(Cc1ccc(F)c(Cl)c1)C1CC1C. The summed E-state index contributed by atoms with van der Waals surface area (Å²) in [5.74, 6) is 1.24. The normalized spacial score (nSPS) is 24.7. The predicted octanol–water partition coefficient (Wildman–Crippen LogP) is 3.66. The second-order valence-corrected chi connectivity index (χ2v) is 5.40. The van der Waals surface area contributed by atoms with Gasteiger partial charge in [0.15, 0.2) is 0 Å². The highest BCUT2D eigenvalue weighted by atomic mass is 35.5. The lowest BCUT2D eigenvalue weighted by Crippen LogP contribution is -2.33. The van der Waals surface area contributed by atoms with Gasteiger partial charge in [-0.3, -0.25) is 0 Å². The van der Waals surface area contributed by atoms with Crippen molar-refractivity contribution in [3.63, 3.8) is 0 Å². The average Bonchev–Trinajstić information content (AvgIpc) is 3.00. The van der Waals surface area contributed by atoms with Crippen molar-refractivity contribution >= 4 is 11.6 Å². The third kappa shape index (κ3) is 3.20. The second-order valence-electron chi connectivity index (χ2n) is 4.99. The van der Waals surface area contributed by atoms with E-state index >= 15 is 0 Å². The quantitative estimate of drug-likeness (QED) is 0.847. The first-order chi connectivity index (χ1) is 8.11. The van der Waals surface area contributed by atoms with Gasteiger partial charge in [0, 0.05) is 6.04 Å². The Hall–Kier alpha value is -0.600. The molecule has 0 amide bonds. The fraction of sp³-hybridized carbons (Fsp3) is 0.571. The second kappa shape index (κ2) is 5.36. The van der Waals surface area contributed by atoms with Gasteiger partial charge in [-0.05, 0) is 48.9 Å². The van der Waals surface area contributed by atoms with Gasteiger partial charge in [0.25, 0.3) is 0 Å². The van der Waals surface area contributed by atoms with E-state index in [1.165, 1.54) is 12.5 Å². The first kappa shape index (κ1) is 12.8. The van der Waals surface area contributed by atoms with Gasteiger partial charge in [-0.25, -0.2) is 4.39 Å². The van der Waals surface area contributed by atoms with Gasteiger partial charge in [0.05, 0.1) is 5.02 Å². The van der Waals surface area contributed by atoms with E-state index in [-0.39, 0.29) is 10.8 Å². The van der Waals surface area contributed by atoms with Crippen LogP contribution in [0.5, 0.6) is 0 Å². The van der Waals surface area contributed by atoms with Gasteiger partial charge < -0.3 is 5.32 Å². The maximum Gasteiger partial charge on any atom is 0.141 e. The van der Waals surface area contributed by atoms with Crippen molar-refractivity contribution in [1.29, 1.82) is 0 Å². The highest BCUT2D eigenvalue weighted by Crippen LogP contribution is 2.41. The lowest BCUT2D eigenvalue weighted by molar-refractivity contribution is 0.454. The Labute approximate surface area is 107 Å². The molecule has 1 aromatic carbocycles. The number of halogens is 2. The van der Waals surface area contributed by atoms with E-state index in [2.05, 4.69) is 19.2 Å². The van der Waals surface area contributed by atoms with E-state index < -0.39 is 0 Å². The van der Waals surface area contributed by atoms with Crippen LogP contribution >= 0.6 is 11.6 Å². The number of hydrogen-bond donors (Lipinski definition) is 1. The van der Waals surface area contributed by atoms with Crippen LogP contribution in [-0.4, -0.2) is 12.6 Å². The molecule has 0 spiro atoms. The summed E-state index contributed by atoms with van der Waals surface area (Å²) in [5.41, 5.74) is 1.11. The third-order valence-electron chi connectivity index (χ3n) is 3.59. The van der Waals surface area contributed by atoms with E-state index in [1.807, 2.05) is 6.07 Å². The van der Waals surface area contributed by atoms with Gasteiger partial charge in [0.1, 0.15) is 5.82 Å². The standard InChI is InChI=1S/C14H19ClFN/c1-3-17-14(11-6-9(11)2)8-10-4-5-13(16)12(15)7-10/h4-5,7,9,11,14,17H,3,6,8H2,1-2H3. The van der Waals surface area contributed by atoms with Crippen molar-refractivity contribution in [1.82, 2.24) is 5.32 Å². The molecule has 1 nitrogen and oxygen atoms in total. The summed E-state index contributed by atoms with van der Waals surface area (Å²) in [6.07, 6.45) is 2.23. The van der Waals surface area contributed by atoms with Crippen LogP contribution in [0.25, 0.3) is 0 Å². The molecule has 0 aliphatic heterocycles. The summed E-state index contributed by atoms with van der Waals surface area (Å²) in [7, 11) is 0. The minimum Gasteiger partial charge on any atom is -0.314 e. The molecule has 3 heteroatoms. The first-order valence-corrected chi connectivity index (χ1v) is 6.67. The lowest BCUT2D eigenvalue weighted by atomic mass is 10.0. The van der Waals surface area contributed by atoms with Gasteiger partial charge in [-0.1, -0.05) is 31.5 Å².